The predicted octanol–water partition coefficient (Wildman–Crippen LogP) is 36.2. The summed E-state index contributed by atoms with van der Waals surface area (Å²) in [6.07, 6.45) is 0. The smallest absolute Gasteiger partial charge is 0.0000110 e. The average Bonchev–Trinajstić information content (AvgIpc) is 3.03. The molecule has 0 spiro atoms. The van der Waals surface area contributed by atoms with Crippen molar-refractivity contribution in [2.45, 2.75) is 0 Å². The lowest BCUT2D eigenvalue weighted by atomic mass is 28.4. The molecular weight excluding hydrogens is 1890 g/mol. The highest BCUT2D eigenvalue weighted by Gasteiger charge is 2.61. The molecule has 0 bridgehead atoms. The van der Waals surface area contributed by atoms with E-state index in [1.54, 1.807) is 0 Å². The second kappa shape index (κ2) is 48.0. The van der Waals surface area contributed by atoms with Crippen LogP contribution in [0.15, 0.2) is 0 Å². The van der Waals surface area contributed by atoms with Gasteiger partial charge in [0.25, 0.3) is 0 Å². The van der Waals surface area contributed by atoms with E-state index in [-0.39, 0.29) is 203 Å². The Hall–Kier alpha value is 26.2. The third-order valence-corrected chi connectivity index (χ3v) is 428. The van der Waals surface area contributed by atoms with Crippen LogP contribution in [0, 0.1) is 0 Å². The molecule has 61 heteroatoms. The van der Waals surface area contributed by atoms with E-state index in [4.69, 9.17) is 0 Å². The lowest BCUT2D eigenvalue weighted by Gasteiger charge is -2.60. The van der Waals surface area contributed by atoms with Crippen LogP contribution in [0.25, 0.3) is 0 Å². The van der Waals surface area contributed by atoms with E-state index < -0.39 is 0 Å². The van der Waals surface area contributed by atoms with Gasteiger partial charge in [-0.05, 0) is 203 Å². The van der Waals surface area contributed by atoms with E-state index >= 15 is 0 Å². The molecule has 0 nitrogen and oxygen atoms in total. The number of hydrogen-bond donors (Lipinski definition) is 0. The third-order valence-electron chi connectivity index (χ3n) is 5.29. The van der Waals surface area contributed by atoms with E-state index in [1.807, 2.05) is 0 Å². The maximum Gasteiger partial charge on any atom is -0.0000110 e. The zero-order valence-corrected chi connectivity index (χ0v) is 93.6. The lowest BCUT2D eigenvalue weighted by molar-refractivity contribution is 4.33. The summed E-state index contributed by atoms with van der Waals surface area (Å²) in [6.45, 7) is -7.29. The van der Waals surface area contributed by atoms with Crippen LogP contribution in [-0.4, -0.2) is 0 Å². The van der Waals surface area contributed by atoms with Gasteiger partial charge in [0.1, 0.15) is 0 Å². The van der Waals surface area contributed by atoms with Crippen molar-refractivity contribution >= 4 is 487 Å². The molecule has 0 aliphatic rings. The van der Waals surface area contributed by atoms with E-state index in [1.165, 1.54) is 0 Å². The summed E-state index contributed by atoms with van der Waals surface area (Å²) in [4.78, 5) is 0. The van der Waals surface area contributed by atoms with E-state index in [0.29, 0.717) is 0 Å². The fraction of sp³-hybridized carbons (Fsp3) is 0. The molecule has 61 heavy (non-hydrogen) atoms. The Labute approximate surface area is 480 Å². The average molecular weight is 1950 g/mol. The summed E-state index contributed by atoms with van der Waals surface area (Å²) in [5.41, 5.74) is 0. The Balaban J connectivity index is 10.8. The second-order valence-electron chi connectivity index (χ2n) is 9.55. The molecule has 0 saturated carbocycles. The van der Waals surface area contributed by atoms with Gasteiger partial charge in [-0.25, -0.2) is 0 Å². The molecule has 0 amide bonds. The quantitative estimate of drug-likeness (QED) is 0.0655. The summed E-state index contributed by atoms with van der Waals surface area (Å²) >= 11 is 0. The molecule has 0 aromatic carbocycles. The van der Waals surface area contributed by atoms with Crippen LogP contribution in [0.4, 0.5) is 0 Å². The van der Waals surface area contributed by atoms with Crippen molar-refractivity contribution in [1.29, 1.82) is 0 Å². The van der Waals surface area contributed by atoms with Crippen molar-refractivity contribution in [2.24, 2.45) is 0 Å². The first-order valence-electron chi connectivity index (χ1n) is 13.8. The maximum absolute atomic E-state index is 4.63. The first-order chi connectivity index (χ1) is 27.8. The zero-order chi connectivity index (χ0) is 48.5. The Kier molecular flexibility index (Phi) is 68.6. The fourth-order valence-electron chi connectivity index (χ4n) is 3.61. The molecule has 0 N–H and O–H groups in total. The van der Waals surface area contributed by atoms with Crippen molar-refractivity contribution in [3.8, 4) is 0 Å². The van der Waals surface area contributed by atoms with Gasteiger partial charge in [-0.2, -0.15) is 0 Å². The molecule has 0 rings (SSSR count). The van der Waals surface area contributed by atoms with Gasteiger partial charge >= 0.3 is 0 Å². The topological polar surface area (TPSA) is 0 Å². The molecular formula is H61P61. The summed E-state index contributed by atoms with van der Waals surface area (Å²) < 4.78 is 0. The summed E-state index contributed by atoms with van der Waals surface area (Å²) in [5.74, 6) is 0. The molecule has 0 fully saturated rings. The molecule has 0 aromatic heterocycles. The highest BCUT2D eigenvalue weighted by atomic mass is 33.6. The van der Waals surface area contributed by atoms with Crippen molar-refractivity contribution in [3.05, 3.63) is 0 Å². The highest BCUT2D eigenvalue weighted by Crippen LogP contribution is 3.48. The van der Waals surface area contributed by atoms with Gasteiger partial charge in [0.05, 0.1) is 0 Å². The fourth-order valence-corrected chi connectivity index (χ4v) is 877. The van der Waals surface area contributed by atoms with Crippen LogP contribution in [0.5, 0.6) is 0 Å². The zero-order valence-electron chi connectivity index (χ0n) is 31.2. The minimum Gasteiger partial charge on any atom is -0.102 e. The SMILES string of the molecule is [PH]PP(P([PH])P)P(P(P(P)P)P(P)P)P(P(P(P(P)P)P(P)P)P(P(P)P)P(P)P)P(P(P(P(P)P)P(P)P)P(P(P)P)P(P)P)P(P(P(P)P)P(P)P)P(P(P)P)P(P)P. The number of hydrogen-bond acceptors (Lipinski definition) is 0. The van der Waals surface area contributed by atoms with Gasteiger partial charge < -0.3 is 0 Å². The highest BCUT2D eigenvalue weighted by molar-refractivity contribution is 9.54. The monoisotopic (exact) mass is 1950 g/mol. The second-order valence-corrected chi connectivity index (χ2v) is 258. The van der Waals surface area contributed by atoms with Crippen molar-refractivity contribution in [2.75, 3.05) is 0 Å². The van der Waals surface area contributed by atoms with Crippen molar-refractivity contribution in [3.63, 3.8) is 0 Å². The molecule has 0 aliphatic heterocycles. The van der Waals surface area contributed by atoms with Crippen LogP contribution in [0.3, 0.4) is 0 Å². The first-order valence-corrected chi connectivity index (χ1v) is 124. The molecule has 0 heterocycles. The maximum atomic E-state index is 4.63. The van der Waals surface area contributed by atoms with Crippen LogP contribution < -0.4 is 0 Å². The van der Waals surface area contributed by atoms with Crippen LogP contribution >= 0.6 is 487 Å². The van der Waals surface area contributed by atoms with E-state index in [0.717, 1.165) is 7.96 Å². The third kappa shape index (κ3) is 31.1. The summed E-state index contributed by atoms with van der Waals surface area (Å²) in [6, 6.07) is 0. The van der Waals surface area contributed by atoms with Gasteiger partial charge in [-0.3, -0.25) is 0 Å². The minimum absolute atomic E-state index is 0.208. The first kappa shape index (κ1) is 87.2. The van der Waals surface area contributed by atoms with Crippen molar-refractivity contribution < 1.29 is 0 Å². The molecule has 34 unspecified atom stereocenters. The predicted molar refractivity (Wildman–Crippen MR) is 507 cm³/mol. The number of rotatable bonds is 29. The molecule has 2 radical (unpaired) electrons. The van der Waals surface area contributed by atoms with Gasteiger partial charge in [0.15, 0.2) is 0 Å². The molecule has 0 saturated heterocycles. The van der Waals surface area contributed by atoms with Crippen LogP contribution in [0.2, 0.25) is 0 Å². The van der Waals surface area contributed by atoms with E-state index in [2.05, 4.69) is 277 Å². The van der Waals surface area contributed by atoms with Crippen LogP contribution in [-0.2, 0) is 0 Å². The van der Waals surface area contributed by atoms with E-state index in [9.17, 15) is 0 Å². The van der Waals surface area contributed by atoms with Gasteiger partial charge in [-0.1, -0.05) is 25.8 Å². The Morgan fingerprint density at radius 1 is 0.197 bits per heavy atom. The largest absolute Gasteiger partial charge is 0.102 e. The van der Waals surface area contributed by atoms with Gasteiger partial charge in [-0.15, -0.1) is 259 Å². The van der Waals surface area contributed by atoms with Gasteiger partial charge in [0, 0.05) is 0 Å². The minimum atomic E-state index is -0.354. The lowest BCUT2D eigenvalue weighted by Crippen LogP contribution is -1.73. The molecule has 0 aromatic rings. The molecule has 366 valence electrons. The molecule has 0 aliphatic carbocycles. The van der Waals surface area contributed by atoms with Gasteiger partial charge in [0.2, 0.25) is 0 Å². The Bertz CT molecular complexity index is 947. The summed E-state index contributed by atoms with van der Waals surface area (Å²) in [7, 11) is 113. The van der Waals surface area contributed by atoms with Crippen LogP contribution in [0.1, 0.15) is 0 Å². The Morgan fingerprint density at radius 2 is 0.311 bits per heavy atom. The van der Waals surface area contributed by atoms with Crippen molar-refractivity contribution in [1.82, 2.24) is 0 Å². The molecule has 34 atom stereocenters. The standard InChI is InChI=1S/H61P61/c1-32-48(33(2)3)56(49(34(4)5)35(6)7)60(57(50(36(8)9)37(10)11)51(38(12)13)39(14)15)61(58(52(40(16)17)41(18)19)53(42(20)21)43(22)23)59(54(44(24)25)45(26)27)55(46(28)29)47(30)31/h1-2,32H,3-31H2. The summed E-state index contributed by atoms with van der Waals surface area (Å²) in [5, 5.41) is 0. The Morgan fingerprint density at radius 3 is 0.426 bits per heavy atom. The normalized spacial score (nSPS) is 16.1.